The van der Waals surface area contributed by atoms with Crippen LogP contribution in [0.1, 0.15) is 44.1 Å². The van der Waals surface area contributed by atoms with Crippen LogP contribution < -0.4 is 4.74 Å². The molecule has 10 heteroatoms. The summed E-state index contributed by atoms with van der Waals surface area (Å²) in [5.74, 6) is 0.814. The Morgan fingerprint density at radius 1 is 1.22 bits per heavy atom. The molecule has 1 heterocycles. The van der Waals surface area contributed by atoms with Crippen LogP contribution in [0.3, 0.4) is 0 Å². The molecule has 0 amide bonds. The van der Waals surface area contributed by atoms with Gasteiger partial charge in [-0.2, -0.15) is 12.2 Å². The Kier molecular flexibility index (Phi) is 14.6. The lowest BCUT2D eigenvalue weighted by atomic mass is 9.93. The summed E-state index contributed by atoms with van der Waals surface area (Å²) in [4.78, 5) is 0. The summed E-state index contributed by atoms with van der Waals surface area (Å²) < 4.78 is 23.4. The molecule has 0 aliphatic carbocycles. The minimum Gasteiger partial charge on any atom is -0.497 e. The first-order chi connectivity index (χ1) is 17.1. The Hall–Kier alpha value is -0.378. The highest BCUT2D eigenvalue weighted by atomic mass is 32.7. The summed E-state index contributed by atoms with van der Waals surface area (Å²) in [6.07, 6.45) is 2.27. The van der Waals surface area contributed by atoms with Gasteiger partial charge >= 0.3 is 7.20 Å². The van der Waals surface area contributed by atoms with Crippen LogP contribution in [0, 0.1) is 0 Å². The average molecular weight is 556 g/mol. The van der Waals surface area contributed by atoms with E-state index in [-0.39, 0.29) is 18.3 Å². The van der Waals surface area contributed by atoms with Crippen molar-refractivity contribution in [1.29, 1.82) is 0 Å². The second-order valence-corrected chi connectivity index (χ2v) is 17.8. The number of aliphatic hydroxyl groups is 2. The summed E-state index contributed by atoms with van der Waals surface area (Å²) in [5, 5.41) is 21.2. The fraction of sp³-hybridized carbons (Fsp3) is 0.692. The molecule has 1 aromatic rings. The average Bonchev–Trinajstić information content (AvgIpc) is 2.78. The Labute approximate surface area is 226 Å². The molecule has 1 saturated heterocycles. The van der Waals surface area contributed by atoms with Gasteiger partial charge in [-0.25, -0.2) is 0 Å². The second kappa shape index (κ2) is 16.6. The molecule has 1 radical (unpaired) electrons. The third kappa shape index (κ3) is 13.4. The first-order valence-electron chi connectivity index (χ1n) is 12.8. The molecule has 1 aliphatic heterocycles. The molecular formula is C26H45BO6PSSi. The number of benzene rings is 1. The van der Waals surface area contributed by atoms with E-state index in [0.717, 1.165) is 22.9 Å². The molecular weight excluding hydrogens is 510 g/mol. The SMILES string of the molecule is C=C(C[C@H](O)C[C@H]1C[C@@H](O)C[C@@H](C[C@H](CCO[B]PS)OCc2ccc(OC)cc2)O1)C[Si](C)(C)C. The number of hydrogen-bond acceptors (Lipinski definition) is 7. The van der Waals surface area contributed by atoms with E-state index in [2.05, 4.69) is 38.5 Å². The summed E-state index contributed by atoms with van der Waals surface area (Å²) in [6, 6.07) is 8.86. The molecule has 36 heavy (non-hydrogen) atoms. The maximum atomic E-state index is 10.7. The molecule has 1 fully saturated rings. The van der Waals surface area contributed by atoms with Crippen LogP contribution >= 0.6 is 19.9 Å². The number of methoxy groups -OCH3 is 1. The Bertz CT molecular complexity index is 766. The Morgan fingerprint density at radius 3 is 2.50 bits per heavy atom. The predicted molar refractivity (Wildman–Crippen MR) is 156 cm³/mol. The van der Waals surface area contributed by atoms with Crippen molar-refractivity contribution in [2.45, 2.75) is 101 Å². The van der Waals surface area contributed by atoms with Crippen molar-refractivity contribution in [1.82, 2.24) is 0 Å². The number of rotatable bonds is 17. The molecule has 203 valence electrons. The van der Waals surface area contributed by atoms with Gasteiger partial charge in [0.05, 0.1) is 44.2 Å². The van der Waals surface area contributed by atoms with E-state index in [1.54, 1.807) is 14.3 Å². The van der Waals surface area contributed by atoms with E-state index in [9.17, 15) is 10.2 Å². The first kappa shape index (κ1) is 31.8. The summed E-state index contributed by atoms with van der Waals surface area (Å²) in [5.41, 5.74) is 2.18. The van der Waals surface area contributed by atoms with Gasteiger partial charge in [0.1, 0.15) is 5.75 Å². The topological polar surface area (TPSA) is 77.4 Å². The molecule has 0 aromatic heterocycles. The van der Waals surface area contributed by atoms with Gasteiger partial charge < -0.3 is 29.1 Å². The van der Waals surface area contributed by atoms with Gasteiger partial charge in [0.2, 0.25) is 0 Å². The zero-order chi connectivity index (χ0) is 26.6. The fourth-order valence-corrected chi connectivity index (χ4v) is 6.79. The Balaban J connectivity index is 1.91. The number of aliphatic hydroxyl groups excluding tert-OH is 2. The maximum Gasteiger partial charge on any atom is 0.332 e. The molecule has 2 rings (SSSR count). The smallest absolute Gasteiger partial charge is 0.332 e. The van der Waals surface area contributed by atoms with Gasteiger partial charge in [-0.05, 0) is 62.3 Å². The van der Waals surface area contributed by atoms with Crippen LogP contribution in [-0.4, -0.2) is 69.7 Å². The van der Waals surface area contributed by atoms with Crippen molar-refractivity contribution in [3.8, 4) is 5.75 Å². The van der Waals surface area contributed by atoms with Crippen molar-refractivity contribution in [2.24, 2.45) is 0 Å². The van der Waals surface area contributed by atoms with E-state index < -0.39 is 20.3 Å². The van der Waals surface area contributed by atoms with Crippen LogP contribution in [0.15, 0.2) is 36.4 Å². The maximum absolute atomic E-state index is 10.7. The Morgan fingerprint density at radius 2 is 1.89 bits per heavy atom. The van der Waals surface area contributed by atoms with Crippen LogP contribution in [-0.2, 0) is 20.7 Å². The van der Waals surface area contributed by atoms with Crippen molar-refractivity contribution in [2.75, 3.05) is 13.7 Å². The van der Waals surface area contributed by atoms with Crippen LogP contribution in [0.5, 0.6) is 5.75 Å². The molecule has 6 atom stereocenters. The van der Waals surface area contributed by atoms with E-state index in [1.807, 2.05) is 24.3 Å². The zero-order valence-corrected chi connectivity index (χ0v) is 25.2. The van der Waals surface area contributed by atoms with E-state index in [0.29, 0.717) is 59.4 Å². The van der Waals surface area contributed by atoms with Crippen molar-refractivity contribution >= 4 is 35.2 Å². The third-order valence-corrected chi connectivity index (χ3v) is 8.31. The number of ether oxygens (including phenoxy) is 3. The van der Waals surface area contributed by atoms with Crippen molar-refractivity contribution < 1.29 is 29.1 Å². The highest BCUT2D eigenvalue weighted by Crippen LogP contribution is 2.29. The predicted octanol–water partition coefficient (Wildman–Crippen LogP) is 5.38. The minimum absolute atomic E-state index is 0.0823. The van der Waals surface area contributed by atoms with Gasteiger partial charge in [0, 0.05) is 14.7 Å². The zero-order valence-electron chi connectivity index (χ0n) is 22.3. The van der Waals surface area contributed by atoms with Crippen LogP contribution in [0.2, 0.25) is 25.7 Å². The van der Waals surface area contributed by atoms with Crippen LogP contribution in [0.25, 0.3) is 0 Å². The van der Waals surface area contributed by atoms with Crippen LogP contribution in [0.4, 0.5) is 0 Å². The van der Waals surface area contributed by atoms with Crippen molar-refractivity contribution in [3.63, 3.8) is 0 Å². The molecule has 1 aromatic carbocycles. The molecule has 6 nitrogen and oxygen atoms in total. The van der Waals surface area contributed by atoms with Gasteiger partial charge in [-0.15, -0.1) is 6.58 Å². The quantitative estimate of drug-likeness (QED) is 0.0788. The molecule has 0 spiro atoms. The largest absolute Gasteiger partial charge is 0.497 e. The first-order valence-corrected chi connectivity index (χ1v) is 18.9. The molecule has 0 bridgehead atoms. The molecule has 0 saturated carbocycles. The normalized spacial score (nSPS) is 22.5. The highest BCUT2D eigenvalue weighted by Gasteiger charge is 2.32. The molecule has 1 aliphatic rings. The van der Waals surface area contributed by atoms with E-state index in [1.165, 1.54) is 0 Å². The summed E-state index contributed by atoms with van der Waals surface area (Å²) in [7, 11) is 2.44. The minimum atomic E-state index is -1.25. The van der Waals surface area contributed by atoms with E-state index >= 15 is 0 Å². The number of thiol groups is 1. The third-order valence-electron chi connectivity index (χ3n) is 6.16. The lowest BCUT2D eigenvalue weighted by Gasteiger charge is -2.36. The lowest BCUT2D eigenvalue weighted by molar-refractivity contribution is -0.126. The van der Waals surface area contributed by atoms with Gasteiger partial charge in [0.15, 0.2) is 0 Å². The highest BCUT2D eigenvalue weighted by molar-refractivity contribution is 8.46. The summed E-state index contributed by atoms with van der Waals surface area (Å²) >= 11 is 4.18. The van der Waals surface area contributed by atoms with Gasteiger partial charge in [0.25, 0.3) is 0 Å². The van der Waals surface area contributed by atoms with Crippen molar-refractivity contribution in [3.05, 3.63) is 42.0 Å². The standard InChI is InChI=1S/C26H45BO6PSSi/c1-19(18-36(3,4)5)12-21(28)13-25-14-22(29)15-26(33-25)16-24(10-11-32-27-34-35)31-17-20-6-8-23(30-2)9-7-20/h6-9,21-22,24-26,28-29,34-35H,1,10-18H2,2-5H3/t21-,22+,24-,25-,26-/m0/s1. The molecule has 2 N–H and O–H groups in total. The van der Waals surface area contributed by atoms with Gasteiger partial charge in [-0.1, -0.05) is 45.0 Å². The summed E-state index contributed by atoms with van der Waals surface area (Å²) in [6.45, 7) is 12.1. The second-order valence-electron chi connectivity index (χ2n) is 11.0. The number of hydrogen-bond donors (Lipinski definition) is 3. The monoisotopic (exact) mass is 555 g/mol. The van der Waals surface area contributed by atoms with E-state index in [4.69, 9.17) is 18.9 Å². The lowest BCUT2D eigenvalue weighted by Crippen LogP contribution is -2.39. The molecule has 1 unspecified atom stereocenters. The van der Waals surface area contributed by atoms with Gasteiger partial charge in [-0.3, -0.25) is 0 Å². The fourth-order valence-electron chi connectivity index (χ4n) is 4.73.